The highest BCUT2D eigenvalue weighted by atomic mass is 19.1. The van der Waals surface area contributed by atoms with Gasteiger partial charge in [0.15, 0.2) is 0 Å². The largest absolute Gasteiger partial charge is 0.341 e. The number of nitrogens with zero attached hydrogens (tertiary/aromatic N) is 3. The molecule has 1 atom stereocenters. The highest BCUT2D eigenvalue weighted by Crippen LogP contribution is 2.20. The van der Waals surface area contributed by atoms with Crippen LogP contribution in [0.4, 0.5) is 10.1 Å². The van der Waals surface area contributed by atoms with Crippen LogP contribution in [0.2, 0.25) is 0 Å². The van der Waals surface area contributed by atoms with Crippen LogP contribution in [0.5, 0.6) is 0 Å². The lowest BCUT2D eigenvalue weighted by Crippen LogP contribution is -2.45. The first-order valence-corrected chi connectivity index (χ1v) is 11.3. The number of carbonyl (C=O) groups is 2. The van der Waals surface area contributed by atoms with Crippen molar-refractivity contribution in [1.29, 1.82) is 0 Å². The molecule has 8 heteroatoms. The lowest BCUT2D eigenvalue weighted by molar-refractivity contribution is -0.133. The zero-order valence-corrected chi connectivity index (χ0v) is 18.1. The molecule has 2 aliphatic heterocycles. The molecular formula is C24H29FN4O3. The quantitative estimate of drug-likeness (QED) is 0.749. The third-order valence-electron chi connectivity index (χ3n) is 6.26. The summed E-state index contributed by atoms with van der Waals surface area (Å²) in [6.07, 6.45) is 6.13. The van der Waals surface area contributed by atoms with Crippen molar-refractivity contribution in [2.75, 3.05) is 38.0 Å². The molecule has 0 aliphatic carbocycles. The molecule has 2 aromatic rings. The van der Waals surface area contributed by atoms with Gasteiger partial charge >= 0.3 is 0 Å². The molecule has 4 rings (SSSR count). The molecule has 2 fully saturated rings. The highest BCUT2D eigenvalue weighted by molar-refractivity contribution is 6.04. The number of hydrogen-bond acceptors (Lipinski definition) is 4. The van der Waals surface area contributed by atoms with Gasteiger partial charge in [0.1, 0.15) is 17.9 Å². The summed E-state index contributed by atoms with van der Waals surface area (Å²) in [6, 6.07) is 8.32. The van der Waals surface area contributed by atoms with Crippen LogP contribution in [0, 0.1) is 11.7 Å². The van der Waals surface area contributed by atoms with Gasteiger partial charge in [-0.2, -0.15) is 0 Å². The number of benzene rings is 1. The van der Waals surface area contributed by atoms with Gasteiger partial charge in [0.05, 0.1) is 0 Å². The van der Waals surface area contributed by atoms with Crippen molar-refractivity contribution in [1.82, 2.24) is 14.4 Å². The van der Waals surface area contributed by atoms with E-state index in [9.17, 15) is 18.8 Å². The second kappa shape index (κ2) is 10.1. The molecule has 32 heavy (non-hydrogen) atoms. The topological polar surface area (TPSA) is 74.7 Å². The van der Waals surface area contributed by atoms with E-state index in [0.29, 0.717) is 18.2 Å². The monoisotopic (exact) mass is 440 g/mol. The number of nitrogens with one attached hydrogen (secondary N) is 1. The lowest BCUT2D eigenvalue weighted by atomic mass is 9.97. The molecule has 0 bridgehead atoms. The fourth-order valence-electron chi connectivity index (χ4n) is 4.58. The molecule has 0 radical (unpaired) electrons. The molecule has 7 nitrogen and oxygen atoms in total. The van der Waals surface area contributed by atoms with Crippen LogP contribution < -0.4 is 10.9 Å². The van der Waals surface area contributed by atoms with Gasteiger partial charge in [-0.25, -0.2) is 4.39 Å². The van der Waals surface area contributed by atoms with Gasteiger partial charge < -0.3 is 19.7 Å². The summed E-state index contributed by atoms with van der Waals surface area (Å²) in [5.41, 5.74) is -0.194. The summed E-state index contributed by atoms with van der Waals surface area (Å²) in [6.45, 7) is 4.65. The summed E-state index contributed by atoms with van der Waals surface area (Å²) in [5, 5.41) is 2.59. The molecule has 2 aliphatic rings. The number of likely N-dealkylation sites (tertiary alicyclic amines) is 2. The maximum absolute atomic E-state index is 13.1. The number of amides is 2. The van der Waals surface area contributed by atoms with Gasteiger partial charge in [0.2, 0.25) is 5.91 Å². The second-order valence-electron chi connectivity index (χ2n) is 8.67. The van der Waals surface area contributed by atoms with E-state index in [4.69, 9.17) is 0 Å². The Balaban J connectivity index is 1.39. The van der Waals surface area contributed by atoms with Crippen LogP contribution >= 0.6 is 0 Å². The van der Waals surface area contributed by atoms with Crippen molar-refractivity contribution in [2.45, 2.75) is 32.2 Å². The summed E-state index contributed by atoms with van der Waals surface area (Å²) in [5.74, 6) is -0.638. The standard InChI is InChI=1S/C24H29FN4O3/c25-19-7-9-20(10-8-19)26-23(31)21-6-4-14-29(24(21)32)17-22(30)28-13-3-5-18(16-28)15-27-11-1-2-12-27/h4,6-10,14,18H,1-3,5,11-13,15-17H2,(H,26,31)/t18-/m0/s1. The number of rotatable bonds is 6. The lowest BCUT2D eigenvalue weighted by Gasteiger charge is -2.34. The minimum Gasteiger partial charge on any atom is -0.341 e. The first kappa shape index (κ1) is 22.2. The average Bonchev–Trinajstić information content (AvgIpc) is 3.30. The van der Waals surface area contributed by atoms with Crippen molar-refractivity contribution in [3.05, 3.63) is 64.3 Å². The van der Waals surface area contributed by atoms with E-state index in [1.807, 2.05) is 4.90 Å². The average molecular weight is 441 g/mol. The molecule has 1 aromatic carbocycles. The smallest absolute Gasteiger partial charge is 0.263 e. The first-order chi connectivity index (χ1) is 15.5. The van der Waals surface area contributed by atoms with Gasteiger partial charge in [-0.3, -0.25) is 14.4 Å². The number of anilines is 1. The van der Waals surface area contributed by atoms with Gasteiger partial charge in [-0.15, -0.1) is 0 Å². The van der Waals surface area contributed by atoms with E-state index in [2.05, 4.69) is 10.2 Å². The maximum Gasteiger partial charge on any atom is 0.263 e. The normalized spacial score (nSPS) is 19.2. The Labute approximate surface area is 186 Å². The van der Waals surface area contributed by atoms with Crippen LogP contribution in [0.3, 0.4) is 0 Å². The minimum absolute atomic E-state index is 0.0600. The Morgan fingerprint density at radius 1 is 1.03 bits per heavy atom. The third-order valence-corrected chi connectivity index (χ3v) is 6.26. The van der Waals surface area contributed by atoms with E-state index in [-0.39, 0.29) is 18.0 Å². The van der Waals surface area contributed by atoms with Crippen LogP contribution in [0.1, 0.15) is 36.0 Å². The highest BCUT2D eigenvalue weighted by Gasteiger charge is 2.26. The number of carbonyl (C=O) groups excluding carboxylic acids is 2. The predicted octanol–water partition coefficient (Wildman–Crippen LogP) is 2.57. The summed E-state index contributed by atoms with van der Waals surface area (Å²) in [7, 11) is 0. The molecule has 2 saturated heterocycles. The first-order valence-electron chi connectivity index (χ1n) is 11.3. The Kier molecular flexibility index (Phi) is 6.99. The minimum atomic E-state index is -0.591. The van der Waals surface area contributed by atoms with E-state index >= 15 is 0 Å². The number of aromatic nitrogens is 1. The molecular weight excluding hydrogens is 411 g/mol. The van der Waals surface area contributed by atoms with Crippen molar-refractivity contribution in [3.8, 4) is 0 Å². The fraction of sp³-hybridized carbons (Fsp3) is 0.458. The van der Waals surface area contributed by atoms with Crippen LogP contribution in [-0.4, -0.2) is 58.9 Å². The van der Waals surface area contributed by atoms with Crippen molar-refractivity contribution in [3.63, 3.8) is 0 Å². The van der Waals surface area contributed by atoms with Gasteiger partial charge in [0, 0.05) is 31.5 Å². The van der Waals surface area contributed by atoms with E-state index in [0.717, 1.165) is 39.0 Å². The maximum atomic E-state index is 13.1. The van der Waals surface area contributed by atoms with Gasteiger partial charge in [-0.05, 0) is 81.1 Å². The molecule has 2 amide bonds. The molecule has 1 N–H and O–H groups in total. The van der Waals surface area contributed by atoms with Crippen molar-refractivity contribution in [2.24, 2.45) is 5.92 Å². The molecule has 0 spiro atoms. The van der Waals surface area contributed by atoms with E-state index in [1.54, 1.807) is 6.07 Å². The van der Waals surface area contributed by atoms with Crippen LogP contribution in [0.15, 0.2) is 47.4 Å². The van der Waals surface area contributed by atoms with Gasteiger partial charge in [0.25, 0.3) is 11.5 Å². The Hall–Kier alpha value is -3.00. The molecule has 170 valence electrons. The number of pyridine rings is 1. The Morgan fingerprint density at radius 3 is 2.53 bits per heavy atom. The summed E-state index contributed by atoms with van der Waals surface area (Å²) < 4.78 is 14.3. The van der Waals surface area contributed by atoms with Crippen molar-refractivity contribution < 1.29 is 14.0 Å². The van der Waals surface area contributed by atoms with E-state index < -0.39 is 17.3 Å². The van der Waals surface area contributed by atoms with Crippen LogP contribution in [0.25, 0.3) is 0 Å². The van der Waals surface area contributed by atoms with Gasteiger partial charge in [-0.1, -0.05) is 0 Å². The zero-order chi connectivity index (χ0) is 22.5. The SMILES string of the molecule is O=C(Nc1ccc(F)cc1)c1cccn(CC(=O)N2CCC[C@@H](CN3CCCC3)C2)c1=O. The number of hydrogen-bond donors (Lipinski definition) is 1. The second-order valence-corrected chi connectivity index (χ2v) is 8.67. The predicted molar refractivity (Wildman–Crippen MR) is 120 cm³/mol. The van der Waals surface area contributed by atoms with Crippen molar-refractivity contribution >= 4 is 17.5 Å². The molecule has 0 unspecified atom stereocenters. The fourth-order valence-corrected chi connectivity index (χ4v) is 4.58. The number of halogens is 1. The third kappa shape index (κ3) is 5.43. The Bertz CT molecular complexity index is 1010. The Morgan fingerprint density at radius 2 is 1.78 bits per heavy atom. The zero-order valence-electron chi connectivity index (χ0n) is 18.1. The van der Waals surface area contributed by atoms with E-state index in [1.165, 1.54) is 53.9 Å². The summed E-state index contributed by atoms with van der Waals surface area (Å²) in [4.78, 5) is 42.6. The molecule has 0 saturated carbocycles. The van der Waals surface area contributed by atoms with Crippen LogP contribution in [-0.2, 0) is 11.3 Å². The molecule has 1 aromatic heterocycles. The number of piperidine rings is 1. The summed E-state index contributed by atoms with van der Waals surface area (Å²) >= 11 is 0. The molecule has 3 heterocycles.